The third-order valence-corrected chi connectivity index (χ3v) is 4.67. The number of carbonyl (C=O) groups excluding carboxylic acids is 1. The average Bonchev–Trinajstić information content (AvgIpc) is 3.10. The summed E-state index contributed by atoms with van der Waals surface area (Å²) in [6.45, 7) is 0.659. The van der Waals surface area contributed by atoms with Crippen molar-refractivity contribution >= 4 is 22.5 Å². The summed E-state index contributed by atoms with van der Waals surface area (Å²) in [7, 11) is 1.80. The Morgan fingerprint density at radius 1 is 1.08 bits per heavy atom. The molecule has 0 saturated carbocycles. The SMILES string of the molecule is CN(CCc1ccccc1)C(=O)Nc1ncc(-c2ccccc2)s1. The van der Waals surface area contributed by atoms with Gasteiger partial charge >= 0.3 is 6.03 Å². The van der Waals surface area contributed by atoms with Gasteiger partial charge in [-0.1, -0.05) is 72.0 Å². The molecule has 0 aliphatic rings. The van der Waals surface area contributed by atoms with Crippen molar-refractivity contribution in [3.63, 3.8) is 0 Å². The summed E-state index contributed by atoms with van der Waals surface area (Å²) in [5.41, 5.74) is 2.32. The maximum atomic E-state index is 12.3. The van der Waals surface area contributed by atoms with E-state index >= 15 is 0 Å². The highest BCUT2D eigenvalue weighted by Crippen LogP contribution is 2.28. The van der Waals surface area contributed by atoms with Gasteiger partial charge < -0.3 is 4.90 Å². The number of amides is 2. The molecule has 5 heteroatoms. The second-order valence-corrected chi connectivity index (χ2v) is 6.51. The number of aromatic nitrogens is 1. The first kappa shape index (κ1) is 16.2. The van der Waals surface area contributed by atoms with Gasteiger partial charge in [-0.3, -0.25) is 5.32 Å². The van der Waals surface area contributed by atoms with E-state index in [0.29, 0.717) is 11.7 Å². The third-order valence-electron chi connectivity index (χ3n) is 3.70. The van der Waals surface area contributed by atoms with E-state index in [9.17, 15) is 4.79 Å². The lowest BCUT2D eigenvalue weighted by molar-refractivity contribution is 0.223. The Labute approximate surface area is 145 Å². The number of rotatable bonds is 5. The number of thiazole rings is 1. The van der Waals surface area contributed by atoms with Crippen LogP contribution in [-0.4, -0.2) is 29.5 Å². The first-order valence-electron chi connectivity index (χ1n) is 7.79. The summed E-state index contributed by atoms with van der Waals surface area (Å²) in [5, 5.41) is 3.48. The number of hydrogen-bond donors (Lipinski definition) is 1. The second-order valence-electron chi connectivity index (χ2n) is 5.48. The average molecular weight is 337 g/mol. The fourth-order valence-electron chi connectivity index (χ4n) is 2.30. The molecule has 122 valence electrons. The van der Waals surface area contributed by atoms with E-state index in [4.69, 9.17) is 0 Å². The minimum Gasteiger partial charge on any atom is -0.327 e. The molecular weight excluding hydrogens is 318 g/mol. The summed E-state index contributed by atoms with van der Waals surface area (Å²) in [6, 6.07) is 20.0. The summed E-state index contributed by atoms with van der Waals surface area (Å²) >= 11 is 1.48. The molecule has 0 fully saturated rings. The first-order chi connectivity index (χ1) is 11.7. The van der Waals surface area contributed by atoms with Crippen LogP contribution in [0.25, 0.3) is 10.4 Å². The largest absolute Gasteiger partial charge is 0.327 e. The number of hydrogen-bond acceptors (Lipinski definition) is 3. The fraction of sp³-hybridized carbons (Fsp3) is 0.158. The van der Waals surface area contributed by atoms with Crippen LogP contribution in [0.4, 0.5) is 9.93 Å². The maximum Gasteiger partial charge on any atom is 0.323 e. The van der Waals surface area contributed by atoms with Crippen molar-refractivity contribution < 1.29 is 4.79 Å². The Morgan fingerprint density at radius 2 is 1.75 bits per heavy atom. The summed E-state index contributed by atoms with van der Waals surface area (Å²) in [6.07, 6.45) is 2.62. The molecule has 1 aromatic heterocycles. The van der Waals surface area contributed by atoms with Crippen molar-refractivity contribution in [3.8, 4) is 10.4 Å². The van der Waals surface area contributed by atoms with Crippen LogP contribution in [0.15, 0.2) is 66.9 Å². The van der Waals surface area contributed by atoms with Gasteiger partial charge in [0.25, 0.3) is 0 Å². The predicted molar refractivity (Wildman–Crippen MR) is 99.3 cm³/mol. The monoisotopic (exact) mass is 337 g/mol. The molecule has 0 saturated heterocycles. The number of anilines is 1. The molecular formula is C19H19N3OS. The van der Waals surface area contributed by atoms with Crippen LogP contribution < -0.4 is 5.32 Å². The van der Waals surface area contributed by atoms with Gasteiger partial charge in [0.15, 0.2) is 5.13 Å². The van der Waals surface area contributed by atoms with E-state index in [-0.39, 0.29) is 6.03 Å². The van der Waals surface area contributed by atoms with Crippen molar-refractivity contribution in [2.45, 2.75) is 6.42 Å². The van der Waals surface area contributed by atoms with Crippen molar-refractivity contribution in [2.24, 2.45) is 0 Å². The molecule has 4 nitrogen and oxygen atoms in total. The normalized spacial score (nSPS) is 10.4. The van der Waals surface area contributed by atoms with E-state index in [1.165, 1.54) is 16.9 Å². The van der Waals surface area contributed by atoms with E-state index in [1.54, 1.807) is 18.1 Å². The minimum absolute atomic E-state index is 0.139. The number of nitrogens with one attached hydrogen (secondary N) is 1. The van der Waals surface area contributed by atoms with Crippen LogP contribution >= 0.6 is 11.3 Å². The van der Waals surface area contributed by atoms with Gasteiger partial charge in [0, 0.05) is 19.8 Å². The zero-order chi connectivity index (χ0) is 16.8. The molecule has 1 heterocycles. The van der Waals surface area contributed by atoms with Gasteiger partial charge in [-0.2, -0.15) is 0 Å². The van der Waals surface area contributed by atoms with Gasteiger partial charge in [-0.25, -0.2) is 9.78 Å². The molecule has 0 radical (unpaired) electrons. The maximum absolute atomic E-state index is 12.3. The molecule has 0 aliphatic heterocycles. The number of carbonyl (C=O) groups is 1. The number of likely N-dealkylation sites (N-methyl/N-ethyl adjacent to an activating group) is 1. The van der Waals surface area contributed by atoms with Crippen molar-refractivity contribution in [1.82, 2.24) is 9.88 Å². The topological polar surface area (TPSA) is 45.2 Å². The fourth-order valence-corrected chi connectivity index (χ4v) is 3.11. The van der Waals surface area contributed by atoms with Gasteiger partial charge in [0.05, 0.1) is 4.88 Å². The van der Waals surface area contributed by atoms with Crippen LogP contribution in [0.5, 0.6) is 0 Å². The van der Waals surface area contributed by atoms with E-state index in [2.05, 4.69) is 22.4 Å². The van der Waals surface area contributed by atoms with Crippen molar-refractivity contribution in [2.75, 3.05) is 18.9 Å². The molecule has 0 spiro atoms. The van der Waals surface area contributed by atoms with Crippen LogP contribution in [0, 0.1) is 0 Å². The molecule has 0 unspecified atom stereocenters. The highest BCUT2D eigenvalue weighted by Gasteiger charge is 2.11. The number of benzene rings is 2. The van der Waals surface area contributed by atoms with Gasteiger partial charge in [0.2, 0.25) is 0 Å². The third kappa shape index (κ3) is 4.20. The molecule has 2 aromatic carbocycles. The van der Waals surface area contributed by atoms with Crippen LogP contribution in [0.1, 0.15) is 5.56 Å². The minimum atomic E-state index is -0.139. The Morgan fingerprint density at radius 3 is 2.46 bits per heavy atom. The second kappa shape index (κ2) is 7.75. The van der Waals surface area contributed by atoms with E-state index in [1.807, 2.05) is 48.5 Å². The van der Waals surface area contributed by atoms with Gasteiger partial charge in [-0.15, -0.1) is 0 Å². The zero-order valence-corrected chi connectivity index (χ0v) is 14.3. The van der Waals surface area contributed by atoms with Crippen LogP contribution in [0.2, 0.25) is 0 Å². The van der Waals surface area contributed by atoms with Crippen molar-refractivity contribution in [1.29, 1.82) is 0 Å². The molecule has 0 aliphatic carbocycles. The molecule has 2 amide bonds. The molecule has 3 rings (SSSR count). The molecule has 0 atom stereocenters. The van der Waals surface area contributed by atoms with Gasteiger partial charge in [0.1, 0.15) is 0 Å². The molecule has 24 heavy (non-hydrogen) atoms. The Balaban J connectivity index is 1.55. The molecule has 0 bridgehead atoms. The standard InChI is InChI=1S/C19H19N3OS/c1-22(13-12-15-8-4-2-5-9-15)19(23)21-18-20-14-17(24-18)16-10-6-3-7-11-16/h2-11,14H,12-13H2,1H3,(H,20,21,23). The highest BCUT2D eigenvalue weighted by atomic mass is 32.1. The molecule has 3 aromatic rings. The smallest absolute Gasteiger partial charge is 0.323 e. The van der Waals surface area contributed by atoms with Crippen molar-refractivity contribution in [3.05, 3.63) is 72.4 Å². The Hall–Kier alpha value is -2.66. The lowest BCUT2D eigenvalue weighted by Crippen LogP contribution is -2.32. The Kier molecular flexibility index (Phi) is 5.23. The lowest BCUT2D eigenvalue weighted by atomic mass is 10.1. The molecule has 1 N–H and O–H groups in total. The zero-order valence-electron chi connectivity index (χ0n) is 13.5. The van der Waals surface area contributed by atoms with Crippen LogP contribution in [-0.2, 0) is 6.42 Å². The Bertz CT molecular complexity index is 787. The van der Waals surface area contributed by atoms with E-state index < -0.39 is 0 Å². The van der Waals surface area contributed by atoms with Gasteiger partial charge in [-0.05, 0) is 17.5 Å². The summed E-state index contributed by atoms with van der Waals surface area (Å²) in [4.78, 5) is 19.3. The van der Waals surface area contributed by atoms with Crippen LogP contribution in [0.3, 0.4) is 0 Å². The number of urea groups is 1. The number of nitrogens with zero attached hydrogens (tertiary/aromatic N) is 2. The summed E-state index contributed by atoms with van der Waals surface area (Å²) < 4.78 is 0. The first-order valence-corrected chi connectivity index (χ1v) is 8.61. The van der Waals surface area contributed by atoms with E-state index in [0.717, 1.165) is 16.9 Å². The summed E-state index contributed by atoms with van der Waals surface area (Å²) in [5.74, 6) is 0. The predicted octanol–water partition coefficient (Wildman–Crippen LogP) is 4.52. The lowest BCUT2D eigenvalue weighted by Gasteiger charge is -2.16. The quantitative estimate of drug-likeness (QED) is 0.744. The highest BCUT2D eigenvalue weighted by molar-refractivity contribution is 7.19.